The summed E-state index contributed by atoms with van der Waals surface area (Å²) in [6.45, 7) is 0. The highest BCUT2D eigenvalue weighted by atomic mass is 19.2. The number of carbonyl (C=O) groups is 1. The molecule has 1 heterocycles. The van der Waals surface area contributed by atoms with Crippen LogP contribution in [0.1, 0.15) is 11.6 Å². The van der Waals surface area contributed by atoms with Crippen LogP contribution in [0.4, 0.5) is 13.2 Å². The summed E-state index contributed by atoms with van der Waals surface area (Å²) in [6, 6.07) is -0.347. The summed E-state index contributed by atoms with van der Waals surface area (Å²) in [4.78, 5) is 11.0. The molecule has 1 unspecified atom stereocenters. The minimum Gasteiger partial charge on any atom is -0.432 e. The van der Waals surface area contributed by atoms with Gasteiger partial charge in [-0.15, -0.1) is 0 Å². The second-order valence-corrected chi connectivity index (χ2v) is 3.48. The number of aldehydes is 1. The Labute approximate surface area is 98.8 Å². The monoisotopic (exact) mass is 256 g/mol. The van der Waals surface area contributed by atoms with E-state index in [0.29, 0.717) is 18.4 Å². The van der Waals surface area contributed by atoms with Crippen molar-refractivity contribution >= 4 is 6.29 Å². The Hall–Kier alpha value is -2.31. The zero-order valence-corrected chi connectivity index (χ0v) is 8.86. The fraction of sp³-hybridized carbons (Fsp3) is 0.0909. The van der Waals surface area contributed by atoms with Gasteiger partial charge in [0.15, 0.2) is 11.6 Å². The molecule has 1 aromatic carbocycles. The summed E-state index contributed by atoms with van der Waals surface area (Å²) >= 11 is 0. The first-order valence-electron chi connectivity index (χ1n) is 4.84. The summed E-state index contributed by atoms with van der Waals surface area (Å²) in [5.74, 6) is -3.68. The normalized spacial score (nSPS) is 12.4. The van der Waals surface area contributed by atoms with Gasteiger partial charge in [-0.25, -0.2) is 13.2 Å². The Bertz CT molecular complexity index is 648. The number of nitrogens with zero attached hydrogens (tertiary/aromatic N) is 1. The van der Waals surface area contributed by atoms with Gasteiger partial charge in [-0.3, -0.25) is 9.98 Å². The van der Waals surface area contributed by atoms with Crippen LogP contribution in [0.3, 0.4) is 0 Å². The standard InChI is InChI=1S/C11H7F3N2O2/c12-7-4-9(14)8(13)3-6(7)10(5-17)16-1-2-18-11(16)15/h1-5,10,15H. The van der Waals surface area contributed by atoms with Crippen LogP contribution in [0.15, 0.2) is 29.0 Å². The van der Waals surface area contributed by atoms with Crippen molar-refractivity contribution in [2.45, 2.75) is 6.04 Å². The van der Waals surface area contributed by atoms with E-state index in [-0.39, 0.29) is 5.56 Å². The molecule has 7 heteroatoms. The van der Waals surface area contributed by atoms with Gasteiger partial charge in [0.2, 0.25) is 0 Å². The van der Waals surface area contributed by atoms with Gasteiger partial charge in [-0.1, -0.05) is 0 Å². The van der Waals surface area contributed by atoms with Crippen molar-refractivity contribution in [1.82, 2.24) is 4.57 Å². The fourth-order valence-corrected chi connectivity index (χ4v) is 1.56. The molecule has 4 nitrogen and oxygen atoms in total. The Kier molecular flexibility index (Phi) is 3.05. The van der Waals surface area contributed by atoms with Crippen molar-refractivity contribution < 1.29 is 22.4 Å². The van der Waals surface area contributed by atoms with Crippen LogP contribution in [0.25, 0.3) is 0 Å². The van der Waals surface area contributed by atoms with Crippen molar-refractivity contribution in [1.29, 1.82) is 5.41 Å². The number of halogens is 3. The molecule has 1 atom stereocenters. The van der Waals surface area contributed by atoms with Crippen LogP contribution in [0.2, 0.25) is 0 Å². The van der Waals surface area contributed by atoms with Gasteiger partial charge in [0.25, 0.3) is 5.68 Å². The van der Waals surface area contributed by atoms with E-state index >= 15 is 0 Å². The number of rotatable bonds is 3. The topological polar surface area (TPSA) is 59.0 Å². The highest BCUT2D eigenvalue weighted by molar-refractivity contribution is 5.62. The third-order valence-electron chi connectivity index (χ3n) is 2.42. The third-order valence-corrected chi connectivity index (χ3v) is 2.42. The molecular formula is C11H7F3N2O2. The van der Waals surface area contributed by atoms with Crippen LogP contribution < -0.4 is 5.68 Å². The van der Waals surface area contributed by atoms with E-state index in [1.165, 1.54) is 6.20 Å². The van der Waals surface area contributed by atoms with E-state index in [9.17, 15) is 18.0 Å². The SMILES string of the molecule is N=c1occn1C(C=O)c1cc(F)c(F)cc1F. The van der Waals surface area contributed by atoms with E-state index in [1.54, 1.807) is 0 Å². The van der Waals surface area contributed by atoms with Gasteiger partial charge in [-0.2, -0.15) is 0 Å². The molecule has 0 aliphatic heterocycles. The molecule has 0 aliphatic rings. The molecule has 0 spiro atoms. The van der Waals surface area contributed by atoms with Gasteiger partial charge in [0.1, 0.15) is 24.4 Å². The van der Waals surface area contributed by atoms with Crippen molar-refractivity contribution in [3.63, 3.8) is 0 Å². The van der Waals surface area contributed by atoms with Crippen LogP contribution in [0.5, 0.6) is 0 Å². The summed E-state index contributed by atoms with van der Waals surface area (Å²) in [5.41, 5.74) is -0.778. The maximum absolute atomic E-state index is 13.5. The molecule has 1 aromatic heterocycles. The molecule has 0 fully saturated rings. The highest BCUT2D eigenvalue weighted by Crippen LogP contribution is 2.21. The molecule has 18 heavy (non-hydrogen) atoms. The molecule has 0 aliphatic carbocycles. The van der Waals surface area contributed by atoms with E-state index < -0.39 is 29.2 Å². The van der Waals surface area contributed by atoms with E-state index in [2.05, 4.69) is 4.42 Å². The molecule has 2 rings (SSSR count). The molecule has 0 bridgehead atoms. The Morgan fingerprint density at radius 3 is 2.44 bits per heavy atom. The quantitative estimate of drug-likeness (QED) is 0.672. The minimum absolute atomic E-state index is 0.309. The Balaban J connectivity index is 2.59. The Morgan fingerprint density at radius 2 is 1.89 bits per heavy atom. The van der Waals surface area contributed by atoms with Crippen LogP contribution >= 0.6 is 0 Å². The lowest BCUT2D eigenvalue weighted by Gasteiger charge is -2.12. The fourth-order valence-electron chi connectivity index (χ4n) is 1.56. The first kappa shape index (κ1) is 12.2. The number of benzene rings is 1. The largest absolute Gasteiger partial charge is 0.432 e. The highest BCUT2D eigenvalue weighted by Gasteiger charge is 2.21. The summed E-state index contributed by atoms with van der Waals surface area (Å²) in [5, 5.41) is 7.35. The van der Waals surface area contributed by atoms with Crippen LogP contribution in [-0.2, 0) is 4.79 Å². The molecule has 0 saturated heterocycles. The molecular weight excluding hydrogens is 249 g/mol. The number of carbonyl (C=O) groups excluding carboxylic acids is 1. The lowest BCUT2D eigenvalue weighted by molar-refractivity contribution is -0.109. The number of hydrogen-bond acceptors (Lipinski definition) is 3. The average Bonchev–Trinajstić information content (AvgIpc) is 2.73. The predicted octanol–water partition coefficient (Wildman–Crippen LogP) is 1.77. The van der Waals surface area contributed by atoms with Crippen molar-refractivity contribution in [3.8, 4) is 0 Å². The lowest BCUT2D eigenvalue weighted by Crippen LogP contribution is -2.23. The maximum Gasteiger partial charge on any atom is 0.294 e. The van der Waals surface area contributed by atoms with Gasteiger partial charge < -0.3 is 9.21 Å². The smallest absolute Gasteiger partial charge is 0.294 e. The van der Waals surface area contributed by atoms with Crippen molar-refractivity contribution in [2.24, 2.45) is 0 Å². The van der Waals surface area contributed by atoms with Crippen molar-refractivity contribution in [2.75, 3.05) is 0 Å². The first-order valence-corrected chi connectivity index (χ1v) is 4.84. The predicted molar refractivity (Wildman–Crippen MR) is 53.1 cm³/mol. The van der Waals surface area contributed by atoms with Gasteiger partial charge in [-0.05, 0) is 6.07 Å². The van der Waals surface area contributed by atoms with Gasteiger partial charge in [0, 0.05) is 17.8 Å². The second-order valence-electron chi connectivity index (χ2n) is 3.48. The molecule has 0 radical (unpaired) electrons. The van der Waals surface area contributed by atoms with E-state index in [0.717, 1.165) is 10.8 Å². The van der Waals surface area contributed by atoms with E-state index in [4.69, 9.17) is 5.41 Å². The molecule has 2 aromatic rings. The zero-order chi connectivity index (χ0) is 13.3. The van der Waals surface area contributed by atoms with E-state index in [1.807, 2.05) is 0 Å². The van der Waals surface area contributed by atoms with Crippen LogP contribution in [0, 0.1) is 22.9 Å². The summed E-state index contributed by atoms with van der Waals surface area (Å²) in [7, 11) is 0. The maximum atomic E-state index is 13.5. The van der Waals surface area contributed by atoms with Crippen LogP contribution in [-0.4, -0.2) is 10.9 Å². The number of aromatic nitrogens is 1. The minimum atomic E-state index is -1.34. The summed E-state index contributed by atoms with van der Waals surface area (Å²) in [6.07, 6.45) is 2.65. The molecule has 94 valence electrons. The molecule has 1 N–H and O–H groups in total. The number of hydrogen-bond donors (Lipinski definition) is 1. The van der Waals surface area contributed by atoms with Crippen molar-refractivity contribution in [3.05, 3.63) is 53.3 Å². The number of nitrogens with one attached hydrogen (secondary N) is 1. The zero-order valence-electron chi connectivity index (χ0n) is 8.86. The summed E-state index contributed by atoms with van der Waals surface area (Å²) < 4.78 is 45.0. The lowest BCUT2D eigenvalue weighted by atomic mass is 10.1. The average molecular weight is 256 g/mol. The number of oxazole rings is 1. The molecule has 0 amide bonds. The van der Waals surface area contributed by atoms with Gasteiger partial charge >= 0.3 is 0 Å². The first-order chi connectivity index (χ1) is 8.54. The Morgan fingerprint density at radius 1 is 1.22 bits per heavy atom. The van der Waals surface area contributed by atoms with Gasteiger partial charge in [0.05, 0.1) is 0 Å². The third kappa shape index (κ3) is 1.94. The molecule has 0 saturated carbocycles. The second kappa shape index (κ2) is 4.52.